The van der Waals surface area contributed by atoms with E-state index in [9.17, 15) is 8.42 Å². The standard InChI is InChI=1S/C23H29N7O3S/c1-34(31,32)30-12-13-33-19(16-30)15-27-23-22-21(25-6-7-26-22)14-20(28-23)17-2-4-18(5-3-17)29-10-8-24-9-11-29/h2-7,14,19,24H,8-13,15-16H2,1H3,(H,27,28)/t19-/m0/s1. The fourth-order valence-electron chi connectivity index (χ4n) is 4.34. The zero-order valence-corrected chi connectivity index (χ0v) is 20.0. The molecule has 2 fully saturated rings. The summed E-state index contributed by atoms with van der Waals surface area (Å²) >= 11 is 0. The number of rotatable bonds is 6. The van der Waals surface area contributed by atoms with E-state index in [2.05, 4.69) is 49.8 Å². The number of fused-ring (bicyclic) bond motifs is 1. The summed E-state index contributed by atoms with van der Waals surface area (Å²) in [6, 6.07) is 10.4. The first-order valence-corrected chi connectivity index (χ1v) is 13.3. The molecule has 0 aliphatic carbocycles. The monoisotopic (exact) mass is 483 g/mol. The lowest BCUT2D eigenvalue weighted by Gasteiger charge is -2.31. The van der Waals surface area contributed by atoms with Crippen LogP contribution in [0.5, 0.6) is 0 Å². The molecule has 10 nitrogen and oxygen atoms in total. The normalized spacial score (nSPS) is 19.9. The molecule has 4 heterocycles. The van der Waals surface area contributed by atoms with E-state index in [-0.39, 0.29) is 6.10 Å². The fraction of sp³-hybridized carbons (Fsp3) is 0.435. The zero-order valence-electron chi connectivity index (χ0n) is 19.1. The maximum Gasteiger partial charge on any atom is 0.211 e. The Balaban J connectivity index is 1.37. The number of sulfonamides is 1. The van der Waals surface area contributed by atoms with Crippen LogP contribution in [-0.4, -0.2) is 92.5 Å². The second kappa shape index (κ2) is 9.79. The maximum atomic E-state index is 11.9. The highest BCUT2D eigenvalue weighted by Gasteiger charge is 2.26. The minimum Gasteiger partial charge on any atom is -0.374 e. The lowest BCUT2D eigenvalue weighted by molar-refractivity contribution is 0.00702. The number of ether oxygens (including phenoxy) is 1. The molecular formula is C23H29N7O3S. The first kappa shape index (κ1) is 22.9. The Morgan fingerprint density at radius 2 is 1.88 bits per heavy atom. The number of aromatic nitrogens is 3. The lowest BCUT2D eigenvalue weighted by Crippen LogP contribution is -2.47. The Bertz CT molecular complexity index is 1250. The van der Waals surface area contributed by atoms with Crippen molar-refractivity contribution in [1.82, 2.24) is 24.6 Å². The second-order valence-electron chi connectivity index (χ2n) is 8.56. The van der Waals surface area contributed by atoms with Crippen molar-refractivity contribution in [1.29, 1.82) is 0 Å². The van der Waals surface area contributed by atoms with Crippen LogP contribution in [0.15, 0.2) is 42.7 Å². The van der Waals surface area contributed by atoms with Crippen LogP contribution in [0, 0.1) is 0 Å². The van der Waals surface area contributed by atoms with E-state index in [0.717, 1.165) is 43.0 Å². The number of hydrogen-bond acceptors (Lipinski definition) is 9. The number of benzene rings is 1. The van der Waals surface area contributed by atoms with Gasteiger partial charge in [-0.25, -0.2) is 18.4 Å². The van der Waals surface area contributed by atoms with E-state index in [0.29, 0.717) is 37.6 Å². The van der Waals surface area contributed by atoms with Gasteiger partial charge in [0.25, 0.3) is 0 Å². The molecule has 5 rings (SSSR count). The van der Waals surface area contributed by atoms with Crippen LogP contribution >= 0.6 is 0 Å². The van der Waals surface area contributed by atoms with Crippen molar-refractivity contribution in [3.63, 3.8) is 0 Å². The van der Waals surface area contributed by atoms with Crippen molar-refractivity contribution >= 4 is 32.6 Å². The van der Waals surface area contributed by atoms with Gasteiger partial charge in [-0.15, -0.1) is 0 Å². The summed E-state index contributed by atoms with van der Waals surface area (Å²) in [4.78, 5) is 16.2. The highest BCUT2D eigenvalue weighted by Crippen LogP contribution is 2.27. The summed E-state index contributed by atoms with van der Waals surface area (Å²) in [6.07, 6.45) is 4.25. The average Bonchev–Trinajstić information content (AvgIpc) is 2.87. The maximum absolute atomic E-state index is 11.9. The van der Waals surface area contributed by atoms with Crippen LogP contribution in [0.25, 0.3) is 22.3 Å². The van der Waals surface area contributed by atoms with Crippen molar-refractivity contribution in [2.45, 2.75) is 6.10 Å². The predicted molar refractivity (Wildman–Crippen MR) is 132 cm³/mol. The molecule has 34 heavy (non-hydrogen) atoms. The Morgan fingerprint density at radius 1 is 1.12 bits per heavy atom. The number of hydrogen-bond donors (Lipinski definition) is 2. The Morgan fingerprint density at radius 3 is 2.65 bits per heavy atom. The largest absolute Gasteiger partial charge is 0.374 e. The minimum atomic E-state index is -3.25. The van der Waals surface area contributed by atoms with Crippen molar-refractivity contribution in [3.05, 3.63) is 42.7 Å². The van der Waals surface area contributed by atoms with Gasteiger partial charge in [-0.05, 0) is 18.2 Å². The van der Waals surface area contributed by atoms with E-state index in [1.807, 2.05) is 6.07 Å². The third-order valence-corrected chi connectivity index (χ3v) is 7.44. The van der Waals surface area contributed by atoms with Gasteiger partial charge in [0.2, 0.25) is 10.0 Å². The molecule has 0 bridgehead atoms. The molecule has 1 atom stereocenters. The predicted octanol–water partition coefficient (Wildman–Crippen LogP) is 1.17. The van der Waals surface area contributed by atoms with Crippen LogP contribution in [0.2, 0.25) is 0 Å². The number of nitrogens with one attached hydrogen (secondary N) is 2. The van der Waals surface area contributed by atoms with Crippen molar-refractivity contribution in [2.75, 3.05) is 68.9 Å². The molecule has 1 aromatic carbocycles. The first-order valence-electron chi connectivity index (χ1n) is 11.5. The SMILES string of the molecule is CS(=O)(=O)N1CCO[C@@H](CNc2nc(-c3ccc(N4CCNCC4)cc3)cc3nccnc23)C1. The van der Waals surface area contributed by atoms with Gasteiger partial charge in [0, 0.05) is 69.5 Å². The van der Waals surface area contributed by atoms with Crippen molar-refractivity contribution in [2.24, 2.45) is 0 Å². The Kier molecular flexibility index (Phi) is 6.59. The molecular weight excluding hydrogens is 454 g/mol. The van der Waals surface area contributed by atoms with Crippen LogP contribution in [0.3, 0.4) is 0 Å². The third kappa shape index (κ3) is 5.12. The van der Waals surface area contributed by atoms with E-state index in [4.69, 9.17) is 9.72 Å². The first-order chi connectivity index (χ1) is 16.5. The van der Waals surface area contributed by atoms with Gasteiger partial charge in [-0.2, -0.15) is 4.31 Å². The molecule has 180 valence electrons. The van der Waals surface area contributed by atoms with Crippen LogP contribution in [0.4, 0.5) is 11.5 Å². The van der Waals surface area contributed by atoms with Gasteiger partial charge in [0.1, 0.15) is 5.52 Å². The van der Waals surface area contributed by atoms with Gasteiger partial charge in [0.15, 0.2) is 5.82 Å². The number of nitrogens with zero attached hydrogens (tertiary/aromatic N) is 5. The summed E-state index contributed by atoms with van der Waals surface area (Å²) in [7, 11) is -3.25. The van der Waals surface area contributed by atoms with Gasteiger partial charge < -0.3 is 20.3 Å². The van der Waals surface area contributed by atoms with Gasteiger partial charge in [-0.3, -0.25) is 4.98 Å². The quantitative estimate of drug-likeness (QED) is 0.534. The van der Waals surface area contributed by atoms with Crippen molar-refractivity contribution < 1.29 is 13.2 Å². The van der Waals surface area contributed by atoms with E-state index >= 15 is 0 Å². The zero-order chi connectivity index (χ0) is 23.5. The lowest BCUT2D eigenvalue weighted by atomic mass is 10.1. The molecule has 11 heteroatoms. The van der Waals surface area contributed by atoms with Crippen molar-refractivity contribution in [3.8, 4) is 11.3 Å². The second-order valence-corrected chi connectivity index (χ2v) is 10.5. The molecule has 0 unspecified atom stereocenters. The number of anilines is 2. The molecule has 2 aliphatic rings. The molecule has 2 aliphatic heterocycles. The number of piperazine rings is 1. The van der Waals surface area contributed by atoms with Gasteiger partial charge in [-0.1, -0.05) is 12.1 Å². The molecule has 2 saturated heterocycles. The summed E-state index contributed by atoms with van der Waals surface area (Å²) in [5.41, 5.74) is 4.40. The summed E-state index contributed by atoms with van der Waals surface area (Å²) in [5, 5.41) is 6.70. The summed E-state index contributed by atoms with van der Waals surface area (Å²) in [6.45, 7) is 5.45. The molecule has 3 aromatic rings. The minimum absolute atomic E-state index is 0.279. The van der Waals surface area contributed by atoms with Crippen LogP contribution in [0.1, 0.15) is 0 Å². The third-order valence-electron chi connectivity index (χ3n) is 6.17. The van der Waals surface area contributed by atoms with E-state index in [1.54, 1.807) is 12.4 Å². The Labute approximate surface area is 199 Å². The molecule has 0 spiro atoms. The van der Waals surface area contributed by atoms with E-state index in [1.165, 1.54) is 16.2 Å². The average molecular weight is 484 g/mol. The highest BCUT2D eigenvalue weighted by atomic mass is 32.2. The number of pyridine rings is 1. The molecule has 0 saturated carbocycles. The molecule has 2 N–H and O–H groups in total. The smallest absolute Gasteiger partial charge is 0.211 e. The molecule has 2 aromatic heterocycles. The topological polar surface area (TPSA) is 113 Å². The molecule has 0 amide bonds. The van der Waals surface area contributed by atoms with Crippen LogP contribution in [-0.2, 0) is 14.8 Å². The number of morpholine rings is 1. The van der Waals surface area contributed by atoms with E-state index < -0.39 is 10.0 Å². The van der Waals surface area contributed by atoms with Gasteiger partial charge in [0.05, 0.1) is 30.2 Å². The van der Waals surface area contributed by atoms with Gasteiger partial charge >= 0.3 is 0 Å². The van der Waals surface area contributed by atoms with Crippen LogP contribution < -0.4 is 15.5 Å². The Hall–Kier alpha value is -2.86. The fourth-order valence-corrected chi connectivity index (χ4v) is 5.18. The summed E-state index contributed by atoms with van der Waals surface area (Å²) in [5.74, 6) is 0.604. The molecule has 0 radical (unpaired) electrons. The summed E-state index contributed by atoms with van der Waals surface area (Å²) < 4.78 is 31.1. The highest BCUT2D eigenvalue weighted by molar-refractivity contribution is 7.88.